The van der Waals surface area contributed by atoms with Crippen LogP contribution in [0.25, 0.3) is 0 Å². The fraction of sp³-hybridized carbons (Fsp3) is 0.0714. The van der Waals surface area contributed by atoms with Crippen molar-refractivity contribution in [3.05, 3.63) is 53.1 Å². The summed E-state index contributed by atoms with van der Waals surface area (Å²) >= 11 is 6.84. The van der Waals surface area contributed by atoms with Crippen LogP contribution in [0.1, 0.15) is 5.56 Å². The van der Waals surface area contributed by atoms with Crippen molar-refractivity contribution in [1.29, 1.82) is 5.26 Å². The van der Waals surface area contributed by atoms with Crippen molar-refractivity contribution in [1.82, 2.24) is 0 Å². The standard InChI is InChI=1S/C14H11ClN2O2S2/c1-10-7-12(20-9-16)5-6-14(10)17-21(18,19)13-4-2-3-11(15)8-13/h2-8,17H,1H3. The fourth-order valence-electron chi connectivity index (χ4n) is 1.70. The van der Waals surface area contributed by atoms with Crippen molar-refractivity contribution in [2.75, 3.05) is 4.72 Å². The third kappa shape index (κ3) is 3.91. The molecule has 0 amide bonds. The van der Waals surface area contributed by atoms with E-state index in [0.29, 0.717) is 10.7 Å². The highest BCUT2D eigenvalue weighted by molar-refractivity contribution is 8.03. The van der Waals surface area contributed by atoms with Crippen molar-refractivity contribution in [2.24, 2.45) is 0 Å². The van der Waals surface area contributed by atoms with Crippen LogP contribution in [-0.2, 0) is 10.0 Å². The van der Waals surface area contributed by atoms with Crippen LogP contribution >= 0.6 is 23.4 Å². The van der Waals surface area contributed by atoms with Crippen molar-refractivity contribution in [2.45, 2.75) is 16.7 Å². The van der Waals surface area contributed by atoms with Crippen molar-refractivity contribution >= 4 is 39.1 Å². The number of nitriles is 1. The molecule has 0 fully saturated rings. The number of halogens is 1. The van der Waals surface area contributed by atoms with Crippen molar-refractivity contribution < 1.29 is 8.42 Å². The lowest BCUT2D eigenvalue weighted by Crippen LogP contribution is -2.13. The van der Waals surface area contributed by atoms with E-state index in [4.69, 9.17) is 16.9 Å². The molecule has 2 aromatic carbocycles. The predicted octanol–water partition coefficient (Wildman–Crippen LogP) is 4.02. The molecular weight excluding hydrogens is 328 g/mol. The monoisotopic (exact) mass is 338 g/mol. The summed E-state index contributed by atoms with van der Waals surface area (Å²) < 4.78 is 27.1. The number of benzene rings is 2. The molecule has 0 aliphatic heterocycles. The summed E-state index contributed by atoms with van der Waals surface area (Å²) in [7, 11) is -3.69. The van der Waals surface area contributed by atoms with E-state index < -0.39 is 10.0 Å². The van der Waals surface area contributed by atoms with Gasteiger partial charge in [0.2, 0.25) is 0 Å². The third-order valence-corrected chi connectivity index (χ3v) is 4.89. The van der Waals surface area contributed by atoms with E-state index in [0.717, 1.165) is 22.2 Å². The normalized spacial score (nSPS) is 10.9. The number of nitrogens with zero attached hydrogens (tertiary/aromatic N) is 1. The number of thiocyanates is 1. The molecular formula is C14H11ClN2O2S2. The minimum absolute atomic E-state index is 0.102. The Bertz CT molecular complexity index is 814. The Morgan fingerprint density at radius 2 is 2.00 bits per heavy atom. The van der Waals surface area contributed by atoms with Crippen LogP contribution in [0.5, 0.6) is 0 Å². The first-order valence-electron chi connectivity index (χ1n) is 5.87. The second-order valence-corrected chi connectivity index (χ2v) is 7.21. The van der Waals surface area contributed by atoms with Crippen LogP contribution in [0.4, 0.5) is 5.69 Å². The summed E-state index contributed by atoms with van der Waals surface area (Å²) in [6, 6.07) is 11.1. The lowest BCUT2D eigenvalue weighted by Gasteiger charge is -2.11. The zero-order chi connectivity index (χ0) is 15.5. The average Bonchev–Trinajstić information content (AvgIpc) is 2.42. The summed E-state index contributed by atoms with van der Waals surface area (Å²) in [4.78, 5) is 0.866. The molecule has 2 rings (SSSR count). The second-order valence-electron chi connectivity index (χ2n) is 4.23. The molecule has 4 nitrogen and oxygen atoms in total. The smallest absolute Gasteiger partial charge is 0.261 e. The van der Waals surface area contributed by atoms with Crippen LogP contribution in [0.3, 0.4) is 0 Å². The first-order valence-corrected chi connectivity index (χ1v) is 8.55. The summed E-state index contributed by atoms with van der Waals surface area (Å²) in [5.74, 6) is 0. The molecule has 0 radical (unpaired) electrons. The van der Waals surface area contributed by atoms with Gasteiger partial charge in [-0.1, -0.05) is 17.7 Å². The van der Waals surface area contributed by atoms with Gasteiger partial charge in [-0.3, -0.25) is 4.72 Å². The summed E-state index contributed by atoms with van der Waals surface area (Å²) in [5, 5.41) is 11.0. The Morgan fingerprint density at radius 1 is 1.24 bits per heavy atom. The minimum Gasteiger partial charge on any atom is -0.279 e. The van der Waals surface area contributed by atoms with E-state index >= 15 is 0 Å². The lowest BCUT2D eigenvalue weighted by molar-refractivity contribution is 0.601. The van der Waals surface area contributed by atoms with Crippen molar-refractivity contribution in [3.8, 4) is 5.40 Å². The zero-order valence-corrected chi connectivity index (χ0v) is 13.4. The molecule has 0 heterocycles. The maximum atomic E-state index is 12.3. The zero-order valence-electron chi connectivity index (χ0n) is 11.0. The van der Waals surface area contributed by atoms with Gasteiger partial charge in [0.1, 0.15) is 5.40 Å². The summed E-state index contributed by atoms with van der Waals surface area (Å²) in [5.41, 5.74) is 1.21. The first kappa shape index (κ1) is 15.7. The molecule has 0 spiro atoms. The number of sulfonamides is 1. The highest BCUT2D eigenvalue weighted by atomic mass is 35.5. The Hall–Kier alpha value is -1.68. The van der Waals surface area contributed by atoms with Gasteiger partial charge in [0, 0.05) is 9.92 Å². The van der Waals surface area contributed by atoms with E-state index in [1.54, 1.807) is 37.3 Å². The van der Waals surface area contributed by atoms with Gasteiger partial charge in [-0.25, -0.2) is 8.42 Å². The van der Waals surface area contributed by atoms with Gasteiger partial charge in [0.05, 0.1) is 10.6 Å². The molecule has 21 heavy (non-hydrogen) atoms. The van der Waals surface area contributed by atoms with Crippen LogP contribution in [0.2, 0.25) is 5.02 Å². The topological polar surface area (TPSA) is 70.0 Å². The maximum Gasteiger partial charge on any atom is 0.261 e. The molecule has 0 saturated heterocycles. The number of aryl methyl sites for hydroxylation is 1. The van der Waals surface area contributed by atoms with Gasteiger partial charge in [0.15, 0.2) is 0 Å². The first-order chi connectivity index (χ1) is 9.92. The van der Waals surface area contributed by atoms with Crippen LogP contribution < -0.4 is 4.72 Å². The van der Waals surface area contributed by atoms with Crippen molar-refractivity contribution in [3.63, 3.8) is 0 Å². The van der Waals surface area contributed by atoms with E-state index in [9.17, 15) is 8.42 Å². The number of hydrogen-bond acceptors (Lipinski definition) is 4. The molecule has 0 aromatic heterocycles. The lowest BCUT2D eigenvalue weighted by atomic mass is 10.2. The highest BCUT2D eigenvalue weighted by Crippen LogP contribution is 2.26. The minimum atomic E-state index is -3.69. The Morgan fingerprint density at radius 3 is 2.62 bits per heavy atom. The number of rotatable bonds is 4. The van der Waals surface area contributed by atoms with E-state index in [-0.39, 0.29) is 4.90 Å². The molecule has 7 heteroatoms. The third-order valence-electron chi connectivity index (χ3n) is 2.71. The molecule has 108 valence electrons. The number of hydrogen-bond donors (Lipinski definition) is 1. The molecule has 0 bridgehead atoms. The number of anilines is 1. The number of thioether (sulfide) groups is 1. The average molecular weight is 339 g/mol. The molecule has 0 aliphatic rings. The van der Waals surface area contributed by atoms with Crippen LogP contribution in [-0.4, -0.2) is 8.42 Å². The molecule has 0 saturated carbocycles. The summed E-state index contributed by atoms with van der Waals surface area (Å²) in [6.45, 7) is 1.78. The van der Waals surface area contributed by atoms with E-state index in [2.05, 4.69) is 4.72 Å². The summed E-state index contributed by atoms with van der Waals surface area (Å²) in [6.07, 6.45) is 0. The predicted molar refractivity (Wildman–Crippen MR) is 84.9 cm³/mol. The maximum absolute atomic E-state index is 12.3. The molecule has 2 aromatic rings. The SMILES string of the molecule is Cc1cc(SC#N)ccc1NS(=O)(=O)c1cccc(Cl)c1. The van der Waals surface area contributed by atoms with Crippen LogP contribution in [0.15, 0.2) is 52.3 Å². The quantitative estimate of drug-likeness (QED) is 0.675. The Labute approximate surface area is 132 Å². The highest BCUT2D eigenvalue weighted by Gasteiger charge is 2.15. The molecule has 0 aliphatic carbocycles. The molecule has 0 unspecified atom stereocenters. The van der Waals surface area contributed by atoms with E-state index in [1.165, 1.54) is 12.1 Å². The number of nitrogens with one attached hydrogen (secondary N) is 1. The van der Waals surface area contributed by atoms with Gasteiger partial charge in [-0.2, -0.15) is 5.26 Å². The van der Waals surface area contributed by atoms with E-state index in [1.807, 2.05) is 5.40 Å². The van der Waals surface area contributed by atoms with Gasteiger partial charge in [-0.15, -0.1) is 0 Å². The van der Waals surface area contributed by atoms with Gasteiger partial charge >= 0.3 is 0 Å². The Balaban J connectivity index is 2.31. The van der Waals surface area contributed by atoms with Gasteiger partial charge < -0.3 is 0 Å². The molecule has 1 N–H and O–H groups in total. The largest absolute Gasteiger partial charge is 0.279 e. The van der Waals surface area contributed by atoms with Gasteiger partial charge in [0.25, 0.3) is 10.0 Å². The van der Waals surface area contributed by atoms with Crippen LogP contribution in [0, 0.1) is 17.6 Å². The van der Waals surface area contributed by atoms with Gasteiger partial charge in [-0.05, 0) is 60.6 Å². The Kier molecular flexibility index (Phi) is 4.78. The fourth-order valence-corrected chi connectivity index (χ4v) is 3.61. The molecule has 0 atom stereocenters. The second kappa shape index (κ2) is 6.39.